The highest BCUT2D eigenvalue weighted by atomic mass is 35.5. The number of rotatable bonds is 4. The standard InChI is InChI=1S/C14H14Cl2N2O2/c1-8-11(13(16)18(2)17-8)7-12(14(19)20)9-4-3-5-10(15)6-9/h3-6,12H,7H2,1-2H3,(H,19,20). The van der Waals surface area contributed by atoms with Gasteiger partial charge in [-0.2, -0.15) is 5.10 Å². The largest absolute Gasteiger partial charge is 0.481 e. The Bertz CT molecular complexity index is 653. The predicted octanol–water partition coefficient (Wildman–Crippen LogP) is 3.45. The van der Waals surface area contributed by atoms with Crippen LogP contribution in [0.15, 0.2) is 24.3 Å². The second-order valence-electron chi connectivity index (χ2n) is 4.63. The molecule has 0 spiro atoms. The van der Waals surface area contributed by atoms with Crippen molar-refractivity contribution >= 4 is 29.2 Å². The van der Waals surface area contributed by atoms with Gasteiger partial charge in [-0.1, -0.05) is 35.3 Å². The molecule has 0 aliphatic heterocycles. The van der Waals surface area contributed by atoms with Crippen LogP contribution in [0.2, 0.25) is 10.2 Å². The van der Waals surface area contributed by atoms with E-state index in [2.05, 4.69) is 5.10 Å². The number of hydrogen-bond acceptors (Lipinski definition) is 2. The molecule has 0 aliphatic carbocycles. The van der Waals surface area contributed by atoms with Gasteiger partial charge in [0.1, 0.15) is 5.15 Å². The molecule has 106 valence electrons. The van der Waals surface area contributed by atoms with Crippen LogP contribution in [0.5, 0.6) is 0 Å². The lowest BCUT2D eigenvalue weighted by atomic mass is 9.92. The summed E-state index contributed by atoms with van der Waals surface area (Å²) in [7, 11) is 1.73. The van der Waals surface area contributed by atoms with E-state index in [0.29, 0.717) is 15.7 Å². The minimum atomic E-state index is -0.911. The van der Waals surface area contributed by atoms with Crippen LogP contribution in [-0.2, 0) is 18.3 Å². The van der Waals surface area contributed by atoms with Crippen LogP contribution in [0, 0.1) is 6.92 Å². The third-order valence-electron chi connectivity index (χ3n) is 3.23. The Hall–Kier alpha value is -1.52. The monoisotopic (exact) mass is 312 g/mol. The molecular weight excluding hydrogens is 299 g/mol. The lowest BCUT2D eigenvalue weighted by Gasteiger charge is -2.13. The highest BCUT2D eigenvalue weighted by Crippen LogP contribution is 2.28. The van der Waals surface area contributed by atoms with Crippen molar-refractivity contribution in [3.63, 3.8) is 0 Å². The molecule has 1 unspecified atom stereocenters. The van der Waals surface area contributed by atoms with Crippen LogP contribution >= 0.6 is 23.2 Å². The second-order valence-corrected chi connectivity index (χ2v) is 5.42. The number of aliphatic carboxylic acids is 1. The van der Waals surface area contributed by atoms with Crippen molar-refractivity contribution in [2.45, 2.75) is 19.3 Å². The summed E-state index contributed by atoms with van der Waals surface area (Å²) in [5, 5.41) is 14.6. The number of nitrogens with zero attached hydrogens (tertiary/aromatic N) is 2. The molecule has 2 aromatic rings. The Labute approximate surface area is 126 Å². The van der Waals surface area contributed by atoms with Crippen molar-refractivity contribution in [2.75, 3.05) is 0 Å². The van der Waals surface area contributed by atoms with Gasteiger partial charge in [0.25, 0.3) is 0 Å². The average Bonchev–Trinajstić information content (AvgIpc) is 2.60. The van der Waals surface area contributed by atoms with Crippen molar-refractivity contribution in [2.24, 2.45) is 7.05 Å². The fraction of sp³-hybridized carbons (Fsp3) is 0.286. The smallest absolute Gasteiger partial charge is 0.311 e. The van der Waals surface area contributed by atoms with Gasteiger partial charge in [0, 0.05) is 17.6 Å². The van der Waals surface area contributed by atoms with E-state index in [1.807, 2.05) is 6.92 Å². The molecular formula is C14H14Cl2N2O2. The van der Waals surface area contributed by atoms with Gasteiger partial charge in [-0.3, -0.25) is 9.48 Å². The first-order valence-corrected chi connectivity index (χ1v) is 6.82. The van der Waals surface area contributed by atoms with Crippen LogP contribution < -0.4 is 0 Å². The van der Waals surface area contributed by atoms with Crippen molar-refractivity contribution in [1.29, 1.82) is 0 Å². The highest BCUT2D eigenvalue weighted by molar-refractivity contribution is 6.30. The maximum Gasteiger partial charge on any atom is 0.311 e. The molecule has 1 heterocycles. The minimum absolute atomic E-state index is 0.286. The molecule has 0 fully saturated rings. The Morgan fingerprint density at radius 1 is 1.45 bits per heavy atom. The zero-order valence-electron chi connectivity index (χ0n) is 11.1. The molecule has 1 N–H and O–H groups in total. The maximum atomic E-state index is 11.5. The van der Waals surface area contributed by atoms with E-state index in [1.54, 1.807) is 36.0 Å². The SMILES string of the molecule is Cc1nn(C)c(Cl)c1CC(C(=O)O)c1cccc(Cl)c1. The number of hydrogen-bond donors (Lipinski definition) is 1. The summed E-state index contributed by atoms with van der Waals surface area (Å²) in [5.41, 5.74) is 2.15. The Morgan fingerprint density at radius 2 is 2.15 bits per heavy atom. The summed E-state index contributed by atoms with van der Waals surface area (Å²) in [6.07, 6.45) is 0.286. The van der Waals surface area contributed by atoms with Gasteiger partial charge in [0.15, 0.2) is 0 Å². The zero-order chi connectivity index (χ0) is 14.9. The Balaban J connectivity index is 2.38. The number of carboxylic acids is 1. The number of benzene rings is 1. The summed E-state index contributed by atoms with van der Waals surface area (Å²) in [6.45, 7) is 1.82. The third kappa shape index (κ3) is 2.97. The predicted molar refractivity (Wildman–Crippen MR) is 78.5 cm³/mol. The van der Waals surface area contributed by atoms with Gasteiger partial charge in [-0.25, -0.2) is 0 Å². The molecule has 1 atom stereocenters. The number of halogens is 2. The molecule has 0 saturated carbocycles. The molecule has 2 rings (SSSR count). The zero-order valence-corrected chi connectivity index (χ0v) is 12.6. The molecule has 0 aliphatic rings. The van der Waals surface area contributed by atoms with E-state index < -0.39 is 11.9 Å². The molecule has 1 aromatic heterocycles. The van der Waals surface area contributed by atoms with E-state index >= 15 is 0 Å². The molecule has 4 nitrogen and oxygen atoms in total. The molecule has 1 aromatic carbocycles. The summed E-state index contributed by atoms with van der Waals surface area (Å²) >= 11 is 12.1. The lowest BCUT2D eigenvalue weighted by Crippen LogP contribution is -2.15. The van der Waals surface area contributed by atoms with Gasteiger partial charge in [-0.05, 0) is 31.0 Å². The lowest BCUT2D eigenvalue weighted by molar-refractivity contribution is -0.138. The van der Waals surface area contributed by atoms with Crippen LogP contribution in [0.25, 0.3) is 0 Å². The second kappa shape index (κ2) is 5.85. The first-order chi connectivity index (χ1) is 9.40. The van der Waals surface area contributed by atoms with Crippen LogP contribution in [0.3, 0.4) is 0 Å². The van der Waals surface area contributed by atoms with Crippen molar-refractivity contribution < 1.29 is 9.90 Å². The molecule has 20 heavy (non-hydrogen) atoms. The maximum absolute atomic E-state index is 11.5. The fourth-order valence-electron chi connectivity index (χ4n) is 2.18. The first-order valence-electron chi connectivity index (χ1n) is 6.06. The van der Waals surface area contributed by atoms with Crippen molar-refractivity contribution in [3.05, 3.63) is 51.3 Å². The van der Waals surface area contributed by atoms with Gasteiger partial charge in [-0.15, -0.1) is 0 Å². The summed E-state index contributed by atoms with van der Waals surface area (Å²) in [5.74, 6) is -1.61. The van der Waals surface area contributed by atoms with Crippen molar-refractivity contribution in [1.82, 2.24) is 9.78 Å². The third-order valence-corrected chi connectivity index (χ3v) is 3.94. The number of aromatic nitrogens is 2. The Kier molecular flexibility index (Phi) is 4.35. The summed E-state index contributed by atoms with van der Waals surface area (Å²) in [4.78, 5) is 11.5. The fourth-order valence-corrected chi connectivity index (χ4v) is 2.63. The molecule has 0 bridgehead atoms. The molecule has 0 saturated heterocycles. The topological polar surface area (TPSA) is 55.1 Å². The van der Waals surface area contributed by atoms with Gasteiger partial charge in [0.2, 0.25) is 0 Å². The molecule has 0 amide bonds. The quantitative estimate of drug-likeness (QED) is 0.940. The van der Waals surface area contributed by atoms with E-state index in [9.17, 15) is 9.90 Å². The number of carboxylic acid groups (broad SMARTS) is 1. The summed E-state index contributed by atoms with van der Waals surface area (Å²) in [6, 6.07) is 6.88. The van der Waals surface area contributed by atoms with Gasteiger partial charge < -0.3 is 5.11 Å². The molecule has 0 radical (unpaired) electrons. The van der Waals surface area contributed by atoms with Gasteiger partial charge in [0.05, 0.1) is 11.6 Å². The summed E-state index contributed by atoms with van der Waals surface area (Å²) < 4.78 is 1.54. The highest BCUT2D eigenvalue weighted by Gasteiger charge is 2.24. The minimum Gasteiger partial charge on any atom is -0.481 e. The number of carbonyl (C=O) groups is 1. The van der Waals surface area contributed by atoms with E-state index in [4.69, 9.17) is 23.2 Å². The molecule has 6 heteroatoms. The van der Waals surface area contributed by atoms with E-state index in [-0.39, 0.29) is 6.42 Å². The normalized spacial score (nSPS) is 12.4. The number of aryl methyl sites for hydroxylation is 2. The van der Waals surface area contributed by atoms with Gasteiger partial charge >= 0.3 is 5.97 Å². The van der Waals surface area contributed by atoms with Crippen LogP contribution in [-0.4, -0.2) is 20.9 Å². The van der Waals surface area contributed by atoms with Crippen molar-refractivity contribution in [3.8, 4) is 0 Å². The first kappa shape index (κ1) is 14.9. The van der Waals surface area contributed by atoms with Crippen LogP contribution in [0.4, 0.5) is 0 Å². The van der Waals surface area contributed by atoms with Crippen LogP contribution in [0.1, 0.15) is 22.7 Å². The van der Waals surface area contributed by atoms with E-state index in [0.717, 1.165) is 11.3 Å². The average molecular weight is 313 g/mol. The van der Waals surface area contributed by atoms with E-state index in [1.165, 1.54) is 0 Å². The Morgan fingerprint density at radius 3 is 2.65 bits per heavy atom.